The Morgan fingerprint density at radius 1 is 1.62 bits per heavy atom. The molecule has 0 aromatic rings. The van der Waals surface area contributed by atoms with Crippen molar-refractivity contribution in [2.75, 3.05) is 19.6 Å². The third-order valence-electron chi connectivity index (χ3n) is 3.48. The largest absolute Gasteiger partial charge is 0.355 e. The number of amides is 1. The summed E-state index contributed by atoms with van der Waals surface area (Å²) in [6.45, 7) is 8.84. The SMILES string of the molecule is CCCNC(=O)C(C)N1CCC(N)C(C)C1. The number of carbonyl (C=O) groups is 1. The van der Waals surface area contributed by atoms with Crippen LogP contribution in [0.15, 0.2) is 0 Å². The zero-order valence-corrected chi connectivity index (χ0v) is 10.7. The number of likely N-dealkylation sites (tertiary alicyclic amines) is 1. The topological polar surface area (TPSA) is 58.4 Å². The molecule has 94 valence electrons. The predicted octanol–water partition coefficient (Wildman–Crippen LogP) is 0.570. The van der Waals surface area contributed by atoms with Gasteiger partial charge in [-0.15, -0.1) is 0 Å². The minimum absolute atomic E-state index is 0.0264. The average molecular weight is 227 g/mol. The monoisotopic (exact) mass is 227 g/mol. The van der Waals surface area contributed by atoms with Gasteiger partial charge in [-0.25, -0.2) is 0 Å². The molecule has 4 nitrogen and oxygen atoms in total. The summed E-state index contributed by atoms with van der Waals surface area (Å²) in [5, 5.41) is 2.94. The van der Waals surface area contributed by atoms with Crippen molar-refractivity contribution in [1.29, 1.82) is 0 Å². The van der Waals surface area contributed by atoms with Crippen molar-refractivity contribution in [3.05, 3.63) is 0 Å². The molecule has 16 heavy (non-hydrogen) atoms. The van der Waals surface area contributed by atoms with Crippen molar-refractivity contribution in [1.82, 2.24) is 10.2 Å². The number of hydrogen-bond acceptors (Lipinski definition) is 3. The normalized spacial score (nSPS) is 28.8. The van der Waals surface area contributed by atoms with Gasteiger partial charge in [0.2, 0.25) is 5.91 Å². The van der Waals surface area contributed by atoms with Crippen LogP contribution in [0.25, 0.3) is 0 Å². The Morgan fingerprint density at radius 2 is 2.31 bits per heavy atom. The molecular weight excluding hydrogens is 202 g/mol. The summed E-state index contributed by atoms with van der Waals surface area (Å²) >= 11 is 0. The Kier molecular flexibility index (Phi) is 5.22. The van der Waals surface area contributed by atoms with E-state index in [1.807, 2.05) is 6.92 Å². The molecule has 0 spiro atoms. The third-order valence-corrected chi connectivity index (χ3v) is 3.48. The van der Waals surface area contributed by atoms with Crippen LogP contribution in [-0.2, 0) is 4.79 Å². The highest BCUT2D eigenvalue weighted by atomic mass is 16.2. The van der Waals surface area contributed by atoms with Crippen molar-refractivity contribution in [3.8, 4) is 0 Å². The van der Waals surface area contributed by atoms with Gasteiger partial charge in [-0.05, 0) is 25.7 Å². The van der Waals surface area contributed by atoms with Gasteiger partial charge in [0.1, 0.15) is 0 Å². The number of rotatable bonds is 4. The number of nitrogens with two attached hydrogens (primary N) is 1. The molecule has 1 aliphatic heterocycles. The minimum atomic E-state index is -0.0264. The Balaban J connectivity index is 2.41. The molecule has 3 atom stereocenters. The first-order valence-electron chi connectivity index (χ1n) is 6.33. The van der Waals surface area contributed by atoms with Crippen LogP contribution in [0.1, 0.15) is 33.6 Å². The first-order chi connectivity index (χ1) is 7.56. The molecule has 0 saturated carbocycles. The smallest absolute Gasteiger partial charge is 0.237 e. The van der Waals surface area contributed by atoms with Gasteiger partial charge in [-0.3, -0.25) is 9.69 Å². The Morgan fingerprint density at radius 3 is 2.88 bits per heavy atom. The van der Waals surface area contributed by atoms with Crippen LogP contribution >= 0.6 is 0 Å². The second-order valence-corrected chi connectivity index (χ2v) is 4.89. The molecule has 1 aliphatic rings. The highest BCUT2D eigenvalue weighted by Crippen LogP contribution is 2.17. The Labute approximate surface area is 98.6 Å². The van der Waals surface area contributed by atoms with Gasteiger partial charge in [0.25, 0.3) is 0 Å². The number of carbonyl (C=O) groups excluding carboxylic acids is 1. The van der Waals surface area contributed by atoms with Gasteiger partial charge in [-0.1, -0.05) is 13.8 Å². The molecule has 1 saturated heterocycles. The average Bonchev–Trinajstić information content (AvgIpc) is 2.28. The lowest BCUT2D eigenvalue weighted by Gasteiger charge is -2.38. The van der Waals surface area contributed by atoms with Crippen LogP contribution < -0.4 is 11.1 Å². The van der Waals surface area contributed by atoms with Gasteiger partial charge in [0.05, 0.1) is 6.04 Å². The molecule has 0 aromatic heterocycles. The van der Waals surface area contributed by atoms with Crippen LogP contribution in [0.5, 0.6) is 0 Å². The van der Waals surface area contributed by atoms with E-state index >= 15 is 0 Å². The fourth-order valence-corrected chi connectivity index (χ4v) is 2.11. The van der Waals surface area contributed by atoms with E-state index in [0.29, 0.717) is 12.0 Å². The van der Waals surface area contributed by atoms with Crippen LogP contribution in [0.2, 0.25) is 0 Å². The highest BCUT2D eigenvalue weighted by molar-refractivity contribution is 5.81. The maximum Gasteiger partial charge on any atom is 0.237 e. The Bertz CT molecular complexity index is 232. The molecule has 0 aliphatic carbocycles. The predicted molar refractivity (Wildman–Crippen MR) is 66.1 cm³/mol. The van der Waals surface area contributed by atoms with Crippen molar-refractivity contribution >= 4 is 5.91 Å². The van der Waals surface area contributed by atoms with Crippen molar-refractivity contribution in [2.24, 2.45) is 11.7 Å². The van der Waals surface area contributed by atoms with Crippen molar-refractivity contribution in [2.45, 2.75) is 45.7 Å². The maximum absolute atomic E-state index is 11.8. The molecular formula is C12H25N3O. The summed E-state index contributed by atoms with van der Waals surface area (Å²) in [5.41, 5.74) is 5.97. The number of nitrogens with zero attached hydrogens (tertiary/aromatic N) is 1. The van der Waals surface area contributed by atoms with Gasteiger partial charge in [0.15, 0.2) is 0 Å². The van der Waals surface area contributed by atoms with Crippen LogP contribution in [0.3, 0.4) is 0 Å². The molecule has 3 unspecified atom stereocenters. The lowest BCUT2D eigenvalue weighted by molar-refractivity contribution is -0.126. The van der Waals surface area contributed by atoms with Crippen LogP contribution in [-0.4, -0.2) is 42.5 Å². The second kappa shape index (κ2) is 6.21. The zero-order valence-electron chi connectivity index (χ0n) is 10.7. The lowest BCUT2D eigenvalue weighted by atomic mass is 9.94. The van der Waals surface area contributed by atoms with E-state index in [1.54, 1.807) is 0 Å². The quantitative estimate of drug-likeness (QED) is 0.738. The van der Waals surface area contributed by atoms with Crippen LogP contribution in [0.4, 0.5) is 0 Å². The summed E-state index contributed by atoms with van der Waals surface area (Å²) in [6.07, 6.45) is 1.98. The molecule has 0 aromatic carbocycles. The summed E-state index contributed by atoms with van der Waals surface area (Å²) in [4.78, 5) is 14.0. The molecule has 4 heteroatoms. The minimum Gasteiger partial charge on any atom is -0.355 e. The molecule has 1 heterocycles. The van der Waals surface area contributed by atoms with Crippen molar-refractivity contribution in [3.63, 3.8) is 0 Å². The summed E-state index contributed by atoms with van der Waals surface area (Å²) in [5.74, 6) is 0.625. The number of hydrogen-bond donors (Lipinski definition) is 2. The molecule has 1 fully saturated rings. The van der Waals surface area contributed by atoms with Gasteiger partial charge < -0.3 is 11.1 Å². The zero-order chi connectivity index (χ0) is 12.1. The molecule has 1 rings (SSSR count). The number of nitrogens with one attached hydrogen (secondary N) is 1. The van der Waals surface area contributed by atoms with E-state index in [2.05, 4.69) is 24.1 Å². The Hall–Kier alpha value is -0.610. The van der Waals surface area contributed by atoms with Crippen LogP contribution in [0, 0.1) is 5.92 Å². The first kappa shape index (κ1) is 13.5. The van der Waals surface area contributed by atoms with Gasteiger partial charge in [-0.2, -0.15) is 0 Å². The van der Waals surface area contributed by atoms with E-state index in [-0.39, 0.29) is 11.9 Å². The summed E-state index contributed by atoms with van der Waals surface area (Å²) in [7, 11) is 0. The van der Waals surface area contributed by atoms with E-state index in [9.17, 15) is 4.79 Å². The summed E-state index contributed by atoms with van der Waals surface area (Å²) < 4.78 is 0. The third kappa shape index (κ3) is 3.46. The number of piperidine rings is 1. The fraction of sp³-hybridized carbons (Fsp3) is 0.917. The molecule has 0 bridgehead atoms. The van der Waals surface area contributed by atoms with E-state index < -0.39 is 0 Å². The second-order valence-electron chi connectivity index (χ2n) is 4.89. The highest BCUT2D eigenvalue weighted by Gasteiger charge is 2.28. The fourth-order valence-electron chi connectivity index (χ4n) is 2.11. The van der Waals surface area contributed by atoms with Gasteiger partial charge >= 0.3 is 0 Å². The maximum atomic E-state index is 11.8. The molecule has 3 N–H and O–H groups in total. The van der Waals surface area contributed by atoms with Gasteiger partial charge in [0, 0.05) is 25.7 Å². The standard InChI is InChI=1S/C12H25N3O/c1-4-6-14-12(16)10(3)15-7-5-11(13)9(2)8-15/h9-11H,4-8,13H2,1-3H3,(H,14,16). The summed E-state index contributed by atoms with van der Waals surface area (Å²) in [6, 6.07) is 0.267. The van der Waals surface area contributed by atoms with E-state index in [0.717, 1.165) is 32.5 Å². The molecule has 1 amide bonds. The first-order valence-corrected chi connectivity index (χ1v) is 6.33. The van der Waals surface area contributed by atoms with E-state index in [4.69, 9.17) is 5.73 Å². The van der Waals surface area contributed by atoms with E-state index in [1.165, 1.54) is 0 Å². The van der Waals surface area contributed by atoms with Crippen molar-refractivity contribution < 1.29 is 4.79 Å². The molecule has 0 radical (unpaired) electrons. The lowest BCUT2D eigenvalue weighted by Crippen LogP contribution is -2.53.